The Hall–Kier alpha value is -1.85. The van der Waals surface area contributed by atoms with Crippen molar-refractivity contribution < 1.29 is 4.79 Å². The molecule has 1 heterocycles. The topological polar surface area (TPSA) is 92.9 Å². The van der Waals surface area contributed by atoms with Crippen LogP contribution in [0.1, 0.15) is 31.7 Å². The normalized spacial score (nSPS) is 14.3. The third kappa shape index (κ3) is 3.32. The molecule has 98 valence electrons. The van der Waals surface area contributed by atoms with Gasteiger partial charge in [0.05, 0.1) is 6.54 Å². The summed E-state index contributed by atoms with van der Waals surface area (Å²) in [6.07, 6.45) is 5.36. The zero-order valence-electron chi connectivity index (χ0n) is 10.6. The summed E-state index contributed by atoms with van der Waals surface area (Å²) in [7, 11) is 0. The zero-order valence-corrected chi connectivity index (χ0v) is 10.6. The lowest BCUT2D eigenvalue weighted by molar-refractivity contribution is -0.119. The molecule has 18 heavy (non-hydrogen) atoms. The average molecular weight is 249 g/mol. The van der Waals surface area contributed by atoms with Crippen LogP contribution in [0.5, 0.6) is 0 Å². The molecule has 1 aliphatic carbocycles. The molecule has 0 aromatic carbocycles. The number of aromatic nitrogens is 2. The molecule has 0 radical (unpaired) electrons. The molecule has 6 heteroatoms. The van der Waals surface area contributed by atoms with Gasteiger partial charge in [0.15, 0.2) is 0 Å². The van der Waals surface area contributed by atoms with Crippen molar-refractivity contribution in [2.24, 2.45) is 0 Å². The minimum absolute atomic E-state index is 0.00266. The van der Waals surface area contributed by atoms with Crippen LogP contribution in [0.4, 0.5) is 11.6 Å². The molecule has 0 bridgehead atoms. The number of carbonyl (C=O) groups excluding carboxylic acids is 1. The number of amides is 1. The standard InChI is InChI=1S/C12H19N5O/c1-2-3-9-11(13)15-7-16-12(9)14-6-10(18)17-8-4-5-8/h7-8H,2-6H2,1H3,(H,17,18)(H3,13,14,15,16). The van der Waals surface area contributed by atoms with E-state index < -0.39 is 0 Å². The smallest absolute Gasteiger partial charge is 0.239 e. The van der Waals surface area contributed by atoms with Crippen molar-refractivity contribution in [1.29, 1.82) is 0 Å². The summed E-state index contributed by atoms with van der Waals surface area (Å²) in [5.41, 5.74) is 6.70. The Morgan fingerprint density at radius 2 is 2.28 bits per heavy atom. The van der Waals surface area contributed by atoms with Gasteiger partial charge in [0.2, 0.25) is 5.91 Å². The van der Waals surface area contributed by atoms with E-state index in [2.05, 4.69) is 27.5 Å². The van der Waals surface area contributed by atoms with Gasteiger partial charge in [-0.1, -0.05) is 13.3 Å². The summed E-state index contributed by atoms with van der Waals surface area (Å²) >= 11 is 0. The van der Waals surface area contributed by atoms with E-state index in [1.165, 1.54) is 6.33 Å². The van der Waals surface area contributed by atoms with Gasteiger partial charge in [0.25, 0.3) is 0 Å². The molecule has 0 saturated heterocycles. The summed E-state index contributed by atoms with van der Waals surface area (Å²) in [5.74, 6) is 1.14. The molecule has 1 aliphatic rings. The van der Waals surface area contributed by atoms with E-state index in [1.807, 2.05) is 0 Å². The second-order valence-corrected chi connectivity index (χ2v) is 4.53. The first-order chi connectivity index (χ1) is 8.70. The quantitative estimate of drug-likeness (QED) is 0.690. The van der Waals surface area contributed by atoms with Gasteiger partial charge in [-0.15, -0.1) is 0 Å². The van der Waals surface area contributed by atoms with Gasteiger partial charge in [0.1, 0.15) is 18.0 Å². The molecule has 1 saturated carbocycles. The van der Waals surface area contributed by atoms with Gasteiger partial charge >= 0.3 is 0 Å². The van der Waals surface area contributed by atoms with Crippen molar-refractivity contribution >= 4 is 17.5 Å². The van der Waals surface area contributed by atoms with Crippen molar-refractivity contribution in [1.82, 2.24) is 15.3 Å². The molecule has 0 unspecified atom stereocenters. The van der Waals surface area contributed by atoms with E-state index in [0.717, 1.165) is 31.2 Å². The van der Waals surface area contributed by atoms with Gasteiger partial charge < -0.3 is 16.4 Å². The number of hydrogen-bond donors (Lipinski definition) is 3. The van der Waals surface area contributed by atoms with Crippen LogP contribution >= 0.6 is 0 Å². The first-order valence-electron chi connectivity index (χ1n) is 6.33. The van der Waals surface area contributed by atoms with E-state index in [9.17, 15) is 4.79 Å². The first-order valence-corrected chi connectivity index (χ1v) is 6.33. The first kappa shape index (κ1) is 12.6. The Labute approximate surface area is 106 Å². The summed E-state index contributed by atoms with van der Waals surface area (Å²) < 4.78 is 0. The maximum atomic E-state index is 11.6. The third-order valence-electron chi connectivity index (χ3n) is 2.84. The molecule has 2 rings (SSSR count). The number of nitrogens with one attached hydrogen (secondary N) is 2. The van der Waals surface area contributed by atoms with E-state index in [4.69, 9.17) is 5.73 Å². The Morgan fingerprint density at radius 1 is 1.50 bits per heavy atom. The van der Waals surface area contributed by atoms with Crippen LogP contribution in [0.2, 0.25) is 0 Å². The van der Waals surface area contributed by atoms with Crippen LogP contribution in [0, 0.1) is 0 Å². The predicted molar refractivity (Wildman–Crippen MR) is 70.1 cm³/mol. The number of hydrogen-bond acceptors (Lipinski definition) is 5. The van der Waals surface area contributed by atoms with Crippen molar-refractivity contribution in [2.45, 2.75) is 38.6 Å². The summed E-state index contributed by atoms with van der Waals surface area (Å²) in [6, 6.07) is 0.380. The molecule has 4 N–H and O–H groups in total. The van der Waals surface area contributed by atoms with E-state index in [0.29, 0.717) is 17.7 Å². The lowest BCUT2D eigenvalue weighted by Crippen LogP contribution is -2.31. The maximum Gasteiger partial charge on any atom is 0.239 e. The lowest BCUT2D eigenvalue weighted by Gasteiger charge is -2.11. The molecule has 1 amide bonds. The van der Waals surface area contributed by atoms with Crippen molar-refractivity contribution in [2.75, 3.05) is 17.6 Å². The lowest BCUT2D eigenvalue weighted by atomic mass is 10.1. The third-order valence-corrected chi connectivity index (χ3v) is 2.84. The minimum atomic E-state index is -0.00266. The number of carbonyl (C=O) groups is 1. The highest BCUT2D eigenvalue weighted by Crippen LogP contribution is 2.20. The van der Waals surface area contributed by atoms with Crippen LogP contribution in [-0.4, -0.2) is 28.5 Å². The number of anilines is 2. The summed E-state index contributed by atoms with van der Waals surface area (Å²) in [5, 5.41) is 5.94. The minimum Gasteiger partial charge on any atom is -0.383 e. The second-order valence-electron chi connectivity index (χ2n) is 4.53. The van der Waals surface area contributed by atoms with Crippen LogP contribution in [0.3, 0.4) is 0 Å². The Balaban J connectivity index is 1.94. The molecule has 0 aliphatic heterocycles. The van der Waals surface area contributed by atoms with Crippen molar-refractivity contribution in [3.63, 3.8) is 0 Å². The highest BCUT2D eigenvalue weighted by molar-refractivity contribution is 5.81. The zero-order chi connectivity index (χ0) is 13.0. The van der Waals surface area contributed by atoms with Crippen LogP contribution in [0.25, 0.3) is 0 Å². The molecular weight excluding hydrogens is 230 g/mol. The SMILES string of the molecule is CCCc1c(N)ncnc1NCC(=O)NC1CC1. The predicted octanol–water partition coefficient (Wildman–Crippen LogP) is 0.702. The van der Waals surface area contributed by atoms with Crippen molar-refractivity contribution in [3.05, 3.63) is 11.9 Å². The van der Waals surface area contributed by atoms with Gasteiger partial charge in [0, 0.05) is 11.6 Å². The highest BCUT2D eigenvalue weighted by atomic mass is 16.2. The number of rotatable bonds is 6. The number of nitrogen functional groups attached to an aromatic ring is 1. The average Bonchev–Trinajstić information content (AvgIpc) is 3.14. The molecule has 1 fully saturated rings. The molecule has 1 aromatic rings. The molecule has 1 aromatic heterocycles. The fourth-order valence-corrected chi connectivity index (χ4v) is 1.75. The molecule has 0 spiro atoms. The highest BCUT2D eigenvalue weighted by Gasteiger charge is 2.23. The Morgan fingerprint density at radius 3 is 2.94 bits per heavy atom. The molecule has 6 nitrogen and oxygen atoms in total. The van der Waals surface area contributed by atoms with Crippen LogP contribution in [0.15, 0.2) is 6.33 Å². The second kappa shape index (κ2) is 5.66. The fourth-order valence-electron chi connectivity index (χ4n) is 1.75. The maximum absolute atomic E-state index is 11.6. The van der Waals surface area contributed by atoms with E-state index in [-0.39, 0.29) is 12.5 Å². The van der Waals surface area contributed by atoms with Gasteiger partial charge in [-0.05, 0) is 19.3 Å². The van der Waals surface area contributed by atoms with Crippen LogP contribution in [-0.2, 0) is 11.2 Å². The largest absolute Gasteiger partial charge is 0.383 e. The number of nitrogens with two attached hydrogens (primary N) is 1. The Bertz CT molecular complexity index is 430. The monoisotopic (exact) mass is 249 g/mol. The van der Waals surface area contributed by atoms with E-state index in [1.54, 1.807) is 0 Å². The molecule has 0 atom stereocenters. The fraction of sp³-hybridized carbons (Fsp3) is 0.583. The molecular formula is C12H19N5O. The summed E-state index contributed by atoms with van der Waals surface area (Å²) in [4.78, 5) is 19.7. The summed E-state index contributed by atoms with van der Waals surface area (Å²) in [6.45, 7) is 2.29. The van der Waals surface area contributed by atoms with Crippen molar-refractivity contribution in [3.8, 4) is 0 Å². The van der Waals surface area contributed by atoms with E-state index >= 15 is 0 Å². The Kier molecular flexibility index (Phi) is 3.96. The number of nitrogens with zero attached hydrogens (tertiary/aromatic N) is 2. The van der Waals surface area contributed by atoms with Gasteiger partial charge in [-0.3, -0.25) is 4.79 Å². The van der Waals surface area contributed by atoms with Gasteiger partial charge in [-0.2, -0.15) is 0 Å². The van der Waals surface area contributed by atoms with Gasteiger partial charge in [-0.25, -0.2) is 9.97 Å². The van der Waals surface area contributed by atoms with Crippen LogP contribution < -0.4 is 16.4 Å².